The molecule has 3 N–H and O–H groups in total. The summed E-state index contributed by atoms with van der Waals surface area (Å²) in [6.45, 7) is 3.91. The first kappa shape index (κ1) is 19.3. The summed E-state index contributed by atoms with van der Waals surface area (Å²) >= 11 is 0. The lowest BCUT2D eigenvalue weighted by Gasteiger charge is -2.42. The zero-order valence-electron chi connectivity index (χ0n) is 17.5. The van der Waals surface area contributed by atoms with E-state index in [2.05, 4.69) is 38.2 Å². The molecule has 0 amide bonds. The van der Waals surface area contributed by atoms with Crippen LogP contribution in [0, 0.1) is 11.3 Å². The number of rotatable bonds is 6. The molecular weight excluding hydrogens is 378 g/mol. The van der Waals surface area contributed by atoms with Crippen LogP contribution in [0.25, 0.3) is 11.0 Å². The molecule has 2 unspecified atom stereocenters. The third kappa shape index (κ3) is 3.42. The van der Waals surface area contributed by atoms with Crippen molar-refractivity contribution in [2.45, 2.75) is 38.5 Å². The molecule has 1 aliphatic carbocycles. The average molecular weight is 408 g/mol. The second-order valence-electron chi connectivity index (χ2n) is 8.73. The standard InChI is InChI=1S/C23H29N5O2/c1-15(16-4-3-5-17(12-16)30-2)27-22(29)19-7-11-28(13-23(19)8-9-23)21-18-6-10-24-20(18)25-14-26-21/h3-6,10,12,14-15,19,22,27,29H,7-9,11,13H2,1-2H3,(H,24,25,26)/t15-,19?,22?/m1/s1. The first-order valence-electron chi connectivity index (χ1n) is 10.7. The Kier molecular flexibility index (Phi) is 4.87. The van der Waals surface area contributed by atoms with E-state index in [0.29, 0.717) is 0 Å². The lowest BCUT2D eigenvalue weighted by Crippen LogP contribution is -2.50. The Balaban J connectivity index is 1.29. The van der Waals surface area contributed by atoms with Gasteiger partial charge in [-0.05, 0) is 55.4 Å². The van der Waals surface area contributed by atoms with Crippen LogP contribution in [0.4, 0.5) is 5.82 Å². The van der Waals surface area contributed by atoms with Crippen molar-refractivity contribution in [2.24, 2.45) is 11.3 Å². The second-order valence-corrected chi connectivity index (χ2v) is 8.73. The number of piperidine rings is 1. The van der Waals surface area contributed by atoms with Gasteiger partial charge in [-0.2, -0.15) is 0 Å². The largest absolute Gasteiger partial charge is 0.497 e. The Morgan fingerprint density at radius 2 is 2.17 bits per heavy atom. The number of nitrogens with one attached hydrogen (secondary N) is 2. The molecule has 2 aromatic heterocycles. The van der Waals surface area contributed by atoms with E-state index in [1.807, 2.05) is 30.5 Å². The summed E-state index contributed by atoms with van der Waals surface area (Å²) in [7, 11) is 1.68. The summed E-state index contributed by atoms with van der Waals surface area (Å²) in [5, 5.41) is 15.6. The highest BCUT2D eigenvalue weighted by Crippen LogP contribution is 2.57. The van der Waals surface area contributed by atoms with Crippen LogP contribution in [-0.2, 0) is 0 Å². The highest BCUT2D eigenvalue weighted by molar-refractivity contribution is 5.87. The number of methoxy groups -OCH3 is 1. The highest BCUT2D eigenvalue weighted by atomic mass is 16.5. The molecule has 0 radical (unpaired) electrons. The molecule has 3 aromatic rings. The number of nitrogens with zero attached hydrogens (tertiary/aromatic N) is 3. The number of aromatic nitrogens is 3. The molecule has 7 nitrogen and oxygen atoms in total. The maximum atomic E-state index is 11.1. The van der Waals surface area contributed by atoms with E-state index in [1.54, 1.807) is 13.4 Å². The van der Waals surface area contributed by atoms with Gasteiger partial charge in [-0.1, -0.05) is 12.1 Å². The number of fused-ring (bicyclic) bond motifs is 1. The summed E-state index contributed by atoms with van der Waals surface area (Å²) in [6.07, 6.45) is 6.26. The van der Waals surface area contributed by atoms with Crippen LogP contribution in [0.1, 0.15) is 37.8 Å². The summed E-state index contributed by atoms with van der Waals surface area (Å²) in [5.41, 5.74) is 2.15. The number of ether oxygens (including phenoxy) is 1. The third-order valence-electron chi connectivity index (χ3n) is 6.92. The van der Waals surface area contributed by atoms with Crippen molar-refractivity contribution in [3.05, 3.63) is 48.4 Å². The van der Waals surface area contributed by atoms with E-state index in [0.717, 1.165) is 60.5 Å². The van der Waals surface area contributed by atoms with Gasteiger partial charge in [0.2, 0.25) is 0 Å². The predicted octanol–water partition coefficient (Wildman–Crippen LogP) is 3.24. The molecule has 3 heterocycles. The van der Waals surface area contributed by atoms with Gasteiger partial charge in [0.25, 0.3) is 0 Å². The molecule has 1 aromatic carbocycles. The Morgan fingerprint density at radius 3 is 2.97 bits per heavy atom. The SMILES string of the molecule is COc1cccc([C@@H](C)NC(O)C2CCN(c3ncnc4[nH]ccc34)CC23CC3)c1. The number of hydrogen-bond acceptors (Lipinski definition) is 6. The Morgan fingerprint density at radius 1 is 1.30 bits per heavy atom. The van der Waals surface area contributed by atoms with Crippen molar-refractivity contribution in [3.8, 4) is 5.75 Å². The van der Waals surface area contributed by atoms with Crippen LogP contribution in [0.5, 0.6) is 5.75 Å². The smallest absolute Gasteiger partial charge is 0.142 e. The average Bonchev–Trinajstić information content (AvgIpc) is 3.34. The van der Waals surface area contributed by atoms with Crippen molar-refractivity contribution in [3.63, 3.8) is 0 Å². The van der Waals surface area contributed by atoms with Crippen molar-refractivity contribution < 1.29 is 9.84 Å². The molecule has 3 atom stereocenters. The zero-order chi connectivity index (χ0) is 20.7. The summed E-state index contributed by atoms with van der Waals surface area (Å²) < 4.78 is 5.34. The number of anilines is 1. The molecule has 1 saturated heterocycles. The number of aromatic amines is 1. The molecule has 158 valence electrons. The normalized spacial score (nSPS) is 22.2. The van der Waals surface area contributed by atoms with E-state index in [9.17, 15) is 5.11 Å². The molecule has 1 aliphatic heterocycles. The second kappa shape index (κ2) is 7.56. The topological polar surface area (TPSA) is 86.3 Å². The third-order valence-corrected chi connectivity index (χ3v) is 6.92. The molecule has 1 spiro atoms. The summed E-state index contributed by atoms with van der Waals surface area (Å²) in [4.78, 5) is 14.4. The Hall–Kier alpha value is -2.64. The van der Waals surface area contributed by atoms with Gasteiger partial charge in [0, 0.05) is 31.2 Å². The van der Waals surface area contributed by atoms with Crippen molar-refractivity contribution in [1.29, 1.82) is 0 Å². The van der Waals surface area contributed by atoms with Gasteiger partial charge < -0.3 is 19.7 Å². The zero-order valence-corrected chi connectivity index (χ0v) is 17.5. The van der Waals surface area contributed by atoms with Gasteiger partial charge in [-0.15, -0.1) is 0 Å². The van der Waals surface area contributed by atoms with Crippen molar-refractivity contribution in [1.82, 2.24) is 20.3 Å². The van der Waals surface area contributed by atoms with E-state index in [-0.39, 0.29) is 17.4 Å². The van der Waals surface area contributed by atoms with E-state index >= 15 is 0 Å². The van der Waals surface area contributed by atoms with Gasteiger partial charge in [-0.25, -0.2) is 9.97 Å². The molecule has 1 saturated carbocycles. The molecule has 7 heteroatoms. The van der Waals surface area contributed by atoms with E-state index < -0.39 is 6.23 Å². The maximum Gasteiger partial charge on any atom is 0.142 e. The minimum atomic E-state index is -0.534. The molecule has 2 fully saturated rings. The fourth-order valence-corrected chi connectivity index (χ4v) is 5.03. The fraction of sp³-hybridized carbons (Fsp3) is 0.478. The number of aliphatic hydroxyl groups excluding tert-OH is 1. The minimum absolute atomic E-state index is 0.0466. The molecule has 2 aliphatic rings. The van der Waals surface area contributed by atoms with Gasteiger partial charge >= 0.3 is 0 Å². The number of hydrogen-bond donors (Lipinski definition) is 3. The number of H-pyrrole nitrogens is 1. The van der Waals surface area contributed by atoms with Crippen LogP contribution >= 0.6 is 0 Å². The van der Waals surface area contributed by atoms with E-state index in [4.69, 9.17) is 4.74 Å². The summed E-state index contributed by atoms with van der Waals surface area (Å²) in [5.74, 6) is 2.08. The van der Waals surface area contributed by atoms with Gasteiger partial charge in [0.15, 0.2) is 0 Å². The maximum absolute atomic E-state index is 11.1. The van der Waals surface area contributed by atoms with E-state index in [1.165, 1.54) is 0 Å². The summed E-state index contributed by atoms with van der Waals surface area (Å²) in [6, 6.07) is 10.1. The molecular formula is C23H29N5O2. The first-order valence-corrected chi connectivity index (χ1v) is 10.7. The van der Waals surface area contributed by atoms with Gasteiger partial charge in [0.1, 0.15) is 29.8 Å². The van der Waals surface area contributed by atoms with Crippen molar-refractivity contribution in [2.75, 3.05) is 25.1 Å². The van der Waals surface area contributed by atoms with Crippen molar-refractivity contribution >= 4 is 16.9 Å². The number of aliphatic hydroxyl groups is 1. The minimum Gasteiger partial charge on any atom is -0.497 e. The Labute approximate surface area is 176 Å². The monoisotopic (exact) mass is 407 g/mol. The van der Waals surface area contributed by atoms with Gasteiger partial charge in [-0.3, -0.25) is 5.32 Å². The quantitative estimate of drug-likeness (QED) is 0.544. The highest BCUT2D eigenvalue weighted by Gasteiger charge is 2.55. The molecule has 5 rings (SSSR count). The molecule has 30 heavy (non-hydrogen) atoms. The van der Waals surface area contributed by atoms with Gasteiger partial charge in [0.05, 0.1) is 12.5 Å². The van der Waals surface area contributed by atoms with Crippen LogP contribution < -0.4 is 15.0 Å². The molecule has 0 bridgehead atoms. The number of benzene rings is 1. The fourth-order valence-electron chi connectivity index (χ4n) is 5.03. The predicted molar refractivity (Wildman–Crippen MR) is 116 cm³/mol. The van der Waals surface area contributed by atoms with Crippen LogP contribution in [0.3, 0.4) is 0 Å². The first-order chi connectivity index (χ1) is 14.6. The van der Waals surface area contributed by atoms with Crippen LogP contribution in [-0.4, -0.2) is 46.5 Å². The lowest BCUT2D eigenvalue weighted by atomic mass is 9.80. The Bertz CT molecular complexity index is 1030. The lowest BCUT2D eigenvalue weighted by molar-refractivity contribution is 0.0164. The van der Waals surface area contributed by atoms with Crippen LogP contribution in [0.2, 0.25) is 0 Å². The van der Waals surface area contributed by atoms with Crippen LogP contribution in [0.15, 0.2) is 42.9 Å².